The van der Waals surface area contributed by atoms with E-state index in [1.807, 2.05) is 6.08 Å². The highest BCUT2D eigenvalue weighted by atomic mass is 14.3. The molecule has 0 saturated heterocycles. The van der Waals surface area contributed by atoms with Crippen LogP contribution in [0.15, 0.2) is 12.7 Å². The fourth-order valence-electron chi connectivity index (χ4n) is 0.974. The monoisotopic (exact) mass is 109 g/mol. The molecule has 0 bridgehead atoms. The van der Waals surface area contributed by atoms with Crippen LogP contribution in [0.5, 0.6) is 0 Å². The van der Waals surface area contributed by atoms with Gasteiger partial charge in [-0.3, -0.25) is 0 Å². The maximum atomic E-state index is 4.02. The highest BCUT2D eigenvalue weighted by molar-refractivity contribution is 4.86. The summed E-state index contributed by atoms with van der Waals surface area (Å²) in [6, 6.07) is 0. The summed E-state index contributed by atoms with van der Waals surface area (Å²) in [6.07, 6.45) is 5.88. The molecule has 0 heteroatoms. The van der Waals surface area contributed by atoms with Crippen LogP contribution in [0.3, 0.4) is 0 Å². The lowest BCUT2D eigenvalue weighted by Crippen LogP contribution is -1.93. The first-order chi connectivity index (χ1) is 3.84. The lowest BCUT2D eigenvalue weighted by molar-refractivity contribution is 0.573. The third-order valence-corrected chi connectivity index (χ3v) is 1.76. The first-order valence-corrected chi connectivity index (χ1v) is 3.28. The van der Waals surface area contributed by atoms with E-state index in [0.717, 1.165) is 12.3 Å². The lowest BCUT2D eigenvalue weighted by Gasteiger charge is -2.02. The maximum absolute atomic E-state index is 4.02. The average molecular weight is 109 g/mol. The normalized spacial score (nSPS) is 22.6. The Morgan fingerprint density at radius 3 is 2.62 bits per heavy atom. The zero-order valence-electron chi connectivity index (χ0n) is 5.27. The third-order valence-electron chi connectivity index (χ3n) is 1.76. The molecule has 1 rings (SSSR count). The maximum Gasteiger partial charge on any atom is -0.0322 e. The summed E-state index contributed by atoms with van der Waals surface area (Å²) in [7, 11) is 0. The van der Waals surface area contributed by atoms with Crippen LogP contribution < -0.4 is 0 Å². The second-order valence-electron chi connectivity index (χ2n) is 2.62. The molecule has 0 spiro atoms. The Balaban J connectivity index is 2.12. The summed E-state index contributed by atoms with van der Waals surface area (Å²) < 4.78 is 0. The quantitative estimate of drug-likeness (QED) is 0.488. The molecule has 8 heavy (non-hydrogen) atoms. The fraction of sp³-hybridized carbons (Fsp3) is 0.625. The lowest BCUT2D eigenvalue weighted by atomic mass is 10.0. The van der Waals surface area contributed by atoms with Crippen molar-refractivity contribution in [3.63, 3.8) is 0 Å². The van der Waals surface area contributed by atoms with Crippen molar-refractivity contribution in [1.29, 1.82) is 0 Å². The van der Waals surface area contributed by atoms with Crippen LogP contribution in [0.1, 0.15) is 19.3 Å². The molecule has 0 N–H and O–H groups in total. The Kier molecular flexibility index (Phi) is 1.72. The highest BCUT2D eigenvalue weighted by Crippen LogP contribution is 2.37. The number of allylic oxidation sites excluding steroid dienone is 1. The van der Waals surface area contributed by atoms with Gasteiger partial charge in [0.05, 0.1) is 0 Å². The Morgan fingerprint density at radius 1 is 1.62 bits per heavy atom. The van der Waals surface area contributed by atoms with Gasteiger partial charge in [0.2, 0.25) is 0 Å². The largest absolute Gasteiger partial charge is 0.103 e. The van der Waals surface area contributed by atoms with E-state index in [2.05, 4.69) is 13.5 Å². The van der Waals surface area contributed by atoms with Crippen LogP contribution in [0.4, 0.5) is 0 Å². The molecule has 1 saturated carbocycles. The Labute approximate surface area is 51.6 Å². The van der Waals surface area contributed by atoms with Gasteiger partial charge in [-0.05, 0) is 38.0 Å². The van der Waals surface area contributed by atoms with Crippen LogP contribution in [0.2, 0.25) is 0 Å². The van der Waals surface area contributed by atoms with E-state index >= 15 is 0 Å². The van der Waals surface area contributed by atoms with Crippen LogP contribution in [-0.4, -0.2) is 0 Å². The zero-order valence-corrected chi connectivity index (χ0v) is 5.27. The van der Waals surface area contributed by atoms with E-state index in [0.29, 0.717) is 5.92 Å². The van der Waals surface area contributed by atoms with Crippen molar-refractivity contribution in [3.8, 4) is 0 Å². The van der Waals surface area contributed by atoms with Crippen LogP contribution in [0, 0.1) is 18.8 Å². The van der Waals surface area contributed by atoms with Gasteiger partial charge in [-0.25, -0.2) is 0 Å². The molecule has 0 amide bonds. The molecule has 0 aromatic carbocycles. The van der Waals surface area contributed by atoms with Crippen molar-refractivity contribution in [3.05, 3.63) is 19.6 Å². The molecule has 0 unspecified atom stereocenters. The van der Waals surface area contributed by atoms with Gasteiger partial charge in [0.1, 0.15) is 0 Å². The van der Waals surface area contributed by atoms with Crippen LogP contribution in [-0.2, 0) is 0 Å². The van der Waals surface area contributed by atoms with Gasteiger partial charge in [0.25, 0.3) is 0 Å². The third kappa shape index (κ3) is 1.36. The van der Waals surface area contributed by atoms with Gasteiger partial charge in [0, 0.05) is 0 Å². The van der Waals surface area contributed by atoms with E-state index in [-0.39, 0.29) is 0 Å². The van der Waals surface area contributed by atoms with E-state index in [1.165, 1.54) is 12.8 Å². The molecule has 1 atom stereocenters. The molecule has 0 aliphatic heterocycles. The predicted molar refractivity (Wildman–Crippen MR) is 36.4 cm³/mol. The smallest absolute Gasteiger partial charge is 0.0322 e. The first-order valence-electron chi connectivity index (χ1n) is 3.28. The number of hydrogen-bond acceptors (Lipinski definition) is 0. The van der Waals surface area contributed by atoms with E-state index in [1.54, 1.807) is 0 Å². The van der Waals surface area contributed by atoms with Gasteiger partial charge in [-0.2, -0.15) is 0 Å². The van der Waals surface area contributed by atoms with Crippen molar-refractivity contribution < 1.29 is 0 Å². The number of rotatable bonds is 3. The number of hydrogen-bond donors (Lipinski definition) is 0. The highest BCUT2D eigenvalue weighted by Gasteiger charge is 2.26. The fourth-order valence-corrected chi connectivity index (χ4v) is 0.974. The second-order valence-corrected chi connectivity index (χ2v) is 2.62. The minimum Gasteiger partial charge on any atom is -0.103 e. The minimum atomic E-state index is 0.660. The van der Waals surface area contributed by atoms with Gasteiger partial charge in [-0.15, -0.1) is 6.58 Å². The van der Waals surface area contributed by atoms with Gasteiger partial charge < -0.3 is 0 Å². The standard InChI is InChI=1S/C8H13/c1-3-4-7(2)8-5-6-8/h3,7-8H,1-2,4-6H2/t7-/m0/s1. The predicted octanol–water partition coefficient (Wildman–Crippen LogP) is 2.42. The van der Waals surface area contributed by atoms with Crippen LogP contribution in [0.25, 0.3) is 0 Å². The topological polar surface area (TPSA) is 0 Å². The minimum absolute atomic E-state index is 0.660. The second kappa shape index (κ2) is 2.34. The van der Waals surface area contributed by atoms with Crippen molar-refractivity contribution in [1.82, 2.24) is 0 Å². The van der Waals surface area contributed by atoms with E-state index < -0.39 is 0 Å². The summed E-state index contributed by atoms with van der Waals surface area (Å²) >= 11 is 0. The summed E-state index contributed by atoms with van der Waals surface area (Å²) in [6.45, 7) is 7.69. The average Bonchev–Trinajstić information content (AvgIpc) is 2.45. The first kappa shape index (κ1) is 5.87. The SMILES string of the molecule is [CH2][C@@H](CC=C)C1CC1. The summed E-state index contributed by atoms with van der Waals surface area (Å²) in [5.74, 6) is 1.60. The van der Waals surface area contributed by atoms with E-state index in [9.17, 15) is 0 Å². The van der Waals surface area contributed by atoms with Gasteiger partial charge in [-0.1, -0.05) is 6.08 Å². The Bertz CT molecular complexity index is 80.0. The molecule has 1 aliphatic carbocycles. The molecule has 0 nitrogen and oxygen atoms in total. The molecule has 0 heterocycles. The molecule has 1 fully saturated rings. The van der Waals surface area contributed by atoms with Crippen molar-refractivity contribution in [2.45, 2.75) is 19.3 Å². The molecular formula is C8H13. The van der Waals surface area contributed by atoms with Crippen LogP contribution >= 0.6 is 0 Å². The van der Waals surface area contributed by atoms with Crippen molar-refractivity contribution in [2.75, 3.05) is 0 Å². The van der Waals surface area contributed by atoms with E-state index in [4.69, 9.17) is 0 Å². The molecule has 45 valence electrons. The molecule has 1 radical (unpaired) electrons. The van der Waals surface area contributed by atoms with Crippen molar-refractivity contribution >= 4 is 0 Å². The molecule has 0 aromatic rings. The van der Waals surface area contributed by atoms with Gasteiger partial charge in [0.15, 0.2) is 0 Å². The zero-order chi connectivity index (χ0) is 5.98. The summed E-state index contributed by atoms with van der Waals surface area (Å²) in [5.41, 5.74) is 0. The van der Waals surface area contributed by atoms with Gasteiger partial charge >= 0.3 is 0 Å². The summed E-state index contributed by atoms with van der Waals surface area (Å²) in [4.78, 5) is 0. The van der Waals surface area contributed by atoms with Crippen molar-refractivity contribution in [2.24, 2.45) is 11.8 Å². The summed E-state index contributed by atoms with van der Waals surface area (Å²) in [5, 5.41) is 0. The molecular weight excluding hydrogens is 96.1 g/mol. The molecule has 1 aliphatic rings. The molecule has 0 aromatic heterocycles. The Hall–Kier alpha value is -0.260. The Morgan fingerprint density at radius 2 is 2.25 bits per heavy atom.